The fraction of sp³-hybridized carbons (Fsp3) is 0.143. The molecular weight excluding hydrogens is 334 g/mol. The molecule has 126 valence electrons. The van der Waals surface area contributed by atoms with Gasteiger partial charge in [-0.3, -0.25) is 0 Å². The smallest absolute Gasteiger partial charge is 0.158 e. The summed E-state index contributed by atoms with van der Waals surface area (Å²) < 4.78 is 11.9. The lowest BCUT2D eigenvalue weighted by molar-refractivity contribution is 0.0145. The van der Waals surface area contributed by atoms with E-state index in [1.807, 2.05) is 60.7 Å². The number of nitrogens with one attached hydrogen (secondary N) is 1. The van der Waals surface area contributed by atoms with Crippen LogP contribution < -0.4 is 10.1 Å². The summed E-state index contributed by atoms with van der Waals surface area (Å²) in [4.78, 5) is 0. The molecule has 3 aromatic carbocycles. The van der Waals surface area contributed by atoms with E-state index in [0.717, 1.165) is 28.1 Å². The van der Waals surface area contributed by atoms with E-state index in [-0.39, 0.29) is 12.3 Å². The number of rotatable bonds is 3. The Hall–Kier alpha value is -2.49. The average Bonchev–Trinajstić information content (AvgIpc) is 2.68. The minimum atomic E-state index is -0.310. The van der Waals surface area contributed by atoms with E-state index in [9.17, 15) is 0 Å². The number of para-hydroxylation sites is 1. The SMILES string of the molecule is COc1ccccc1C1Nc2ccc(Cl)cc2C(c2ccccc2)O1. The predicted molar refractivity (Wildman–Crippen MR) is 100 cm³/mol. The first-order valence-corrected chi connectivity index (χ1v) is 8.53. The number of methoxy groups -OCH3 is 1. The Kier molecular flexibility index (Phi) is 4.35. The van der Waals surface area contributed by atoms with Crippen LogP contribution in [0.15, 0.2) is 72.8 Å². The molecule has 4 heteroatoms. The number of halogens is 1. The maximum absolute atomic E-state index is 6.43. The van der Waals surface area contributed by atoms with Gasteiger partial charge in [-0.2, -0.15) is 0 Å². The molecule has 0 aliphatic carbocycles. The second-order valence-corrected chi connectivity index (χ2v) is 6.36. The third-order valence-corrected chi connectivity index (χ3v) is 4.61. The average molecular weight is 352 g/mol. The van der Waals surface area contributed by atoms with Gasteiger partial charge in [-0.05, 0) is 29.8 Å². The Morgan fingerprint density at radius 2 is 1.68 bits per heavy atom. The number of fused-ring (bicyclic) bond motifs is 1. The van der Waals surface area contributed by atoms with Crippen molar-refractivity contribution in [2.24, 2.45) is 0 Å². The van der Waals surface area contributed by atoms with Crippen LogP contribution in [-0.2, 0) is 4.74 Å². The summed E-state index contributed by atoms with van der Waals surface area (Å²) >= 11 is 6.23. The van der Waals surface area contributed by atoms with Crippen LogP contribution in [0.25, 0.3) is 0 Å². The van der Waals surface area contributed by atoms with E-state index in [1.165, 1.54) is 0 Å². The lowest BCUT2D eigenvalue weighted by Gasteiger charge is -2.34. The summed E-state index contributed by atoms with van der Waals surface area (Å²) in [6.45, 7) is 0. The normalized spacial score (nSPS) is 19.0. The molecule has 25 heavy (non-hydrogen) atoms. The molecule has 0 saturated heterocycles. The summed E-state index contributed by atoms with van der Waals surface area (Å²) in [6, 6.07) is 23.9. The molecule has 1 aliphatic rings. The summed E-state index contributed by atoms with van der Waals surface area (Å²) in [7, 11) is 1.67. The van der Waals surface area contributed by atoms with E-state index < -0.39 is 0 Å². The topological polar surface area (TPSA) is 30.5 Å². The van der Waals surface area contributed by atoms with Crippen molar-refractivity contribution in [1.82, 2.24) is 0 Å². The van der Waals surface area contributed by atoms with Crippen LogP contribution in [0.2, 0.25) is 5.02 Å². The lowest BCUT2D eigenvalue weighted by Crippen LogP contribution is -2.25. The first kappa shape index (κ1) is 16.0. The number of hydrogen-bond donors (Lipinski definition) is 1. The van der Waals surface area contributed by atoms with Crippen LogP contribution in [0.3, 0.4) is 0 Å². The molecule has 3 aromatic rings. The number of benzene rings is 3. The Labute approximate surface area is 152 Å². The van der Waals surface area contributed by atoms with Crippen molar-refractivity contribution in [3.63, 3.8) is 0 Å². The molecule has 1 N–H and O–H groups in total. The molecule has 4 rings (SSSR count). The van der Waals surface area contributed by atoms with Gasteiger partial charge in [0.25, 0.3) is 0 Å². The molecule has 0 radical (unpaired) electrons. The molecule has 0 spiro atoms. The highest BCUT2D eigenvalue weighted by atomic mass is 35.5. The van der Waals surface area contributed by atoms with Gasteiger partial charge in [0.1, 0.15) is 11.9 Å². The van der Waals surface area contributed by atoms with Gasteiger partial charge in [0.2, 0.25) is 0 Å². The van der Waals surface area contributed by atoms with Crippen molar-refractivity contribution >= 4 is 17.3 Å². The summed E-state index contributed by atoms with van der Waals surface area (Å²) in [6.07, 6.45) is -0.513. The van der Waals surface area contributed by atoms with E-state index in [0.29, 0.717) is 5.02 Å². The van der Waals surface area contributed by atoms with Crippen molar-refractivity contribution in [2.75, 3.05) is 12.4 Å². The molecule has 0 bridgehead atoms. The molecule has 0 saturated carbocycles. The van der Waals surface area contributed by atoms with Gasteiger partial charge in [-0.15, -0.1) is 0 Å². The Bertz CT molecular complexity index is 882. The molecule has 0 aromatic heterocycles. The Morgan fingerprint density at radius 3 is 2.48 bits per heavy atom. The number of ether oxygens (including phenoxy) is 2. The minimum absolute atomic E-state index is 0.203. The van der Waals surface area contributed by atoms with Crippen molar-refractivity contribution in [3.8, 4) is 5.75 Å². The molecule has 0 fully saturated rings. The van der Waals surface area contributed by atoms with Gasteiger partial charge in [-0.1, -0.05) is 60.1 Å². The van der Waals surface area contributed by atoms with Crippen molar-refractivity contribution < 1.29 is 9.47 Å². The zero-order chi connectivity index (χ0) is 17.2. The van der Waals surface area contributed by atoms with Crippen LogP contribution in [0.1, 0.15) is 29.0 Å². The zero-order valence-electron chi connectivity index (χ0n) is 13.8. The third kappa shape index (κ3) is 3.09. The van der Waals surface area contributed by atoms with Crippen LogP contribution in [-0.4, -0.2) is 7.11 Å². The van der Waals surface area contributed by atoms with E-state index >= 15 is 0 Å². The van der Waals surface area contributed by atoms with Crippen LogP contribution in [0.5, 0.6) is 5.75 Å². The van der Waals surface area contributed by atoms with Gasteiger partial charge in [0, 0.05) is 21.8 Å². The van der Waals surface area contributed by atoms with E-state index in [2.05, 4.69) is 17.4 Å². The molecular formula is C21H18ClNO2. The molecule has 0 amide bonds. The molecule has 2 unspecified atom stereocenters. The first-order valence-electron chi connectivity index (χ1n) is 8.15. The second-order valence-electron chi connectivity index (χ2n) is 5.92. The standard InChI is InChI=1S/C21H18ClNO2/c1-24-19-10-6-5-9-16(19)21-23-18-12-11-15(22)13-17(18)20(25-21)14-7-3-2-4-8-14/h2-13,20-21,23H,1H3. The third-order valence-electron chi connectivity index (χ3n) is 4.38. The highest BCUT2D eigenvalue weighted by molar-refractivity contribution is 6.30. The zero-order valence-corrected chi connectivity index (χ0v) is 14.5. The molecule has 1 aliphatic heterocycles. The number of anilines is 1. The van der Waals surface area contributed by atoms with Gasteiger partial charge >= 0.3 is 0 Å². The maximum Gasteiger partial charge on any atom is 0.158 e. The minimum Gasteiger partial charge on any atom is -0.496 e. The fourth-order valence-corrected chi connectivity index (χ4v) is 3.37. The van der Waals surface area contributed by atoms with Crippen LogP contribution in [0, 0.1) is 0 Å². The second kappa shape index (κ2) is 6.79. The first-order chi connectivity index (χ1) is 12.3. The van der Waals surface area contributed by atoms with Crippen molar-refractivity contribution in [2.45, 2.75) is 12.3 Å². The molecule has 1 heterocycles. The summed E-state index contributed by atoms with van der Waals surface area (Å²) in [5, 5.41) is 4.15. The quantitative estimate of drug-likeness (QED) is 0.668. The summed E-state index contributed by atoms with van der Waals surface area (Å²) in [5.41, 5.74) is 4.10. The Morgan fingerprint density at radius 1 is 0.920 bits per heavy atom. The largest absolute Gasteiger partial charge is 0.496 e. The molecule has 2 atom stereocenters. The Balaban J connectivity index is 1.80. The highest BCUT2D eigenvalue weighted by Gasteiger charge is 2.30. The highest BCUT2D eigenvalue weighted by Crippen LogP contribution is 2.43. The lowest BCUT2D eigenvalue weighted by atomic mass is 9.97. The van der Waals surface area contributed by atoms with Gasteiger partial charge in [-0.25, -0.2) is 0 Å². The predicted octanol–water partition coefficient (Wildman–Crippen LogP) is 5.58. The van der Waals surface area contributed by atoms with Gasteiger partial charge in [0.05, 0.1) is 7.11 Å². The van der Waals surface area contributed by atoms with Gasteiger partial charge in [0.15, 0.2) is 6.23 Å². The van der Waals surface area contributed by atoms with Crippen molar-refractivity contribution in [3.05, 3.63) is 94.5 Å². The maximum atomic E-state index is 6.43. The van der Waals surface area contributed by atoms with Gasteiger partial charge < -0.3 is 14.8 Å². The molecule has 3 nitrogen and oxygen atoms in total. The summed E-state index contributed by atoms with van der Waals surface area (Å²) in [5.74, 6) is 0.796. The number of hydrogen-bond acceptors (Lipinski definition) is 3. The van der Waals surface area contributed by atoms with E-state index in [4.69, 9.17) is 21.1 Å². The van der Waals surface area contributed by atoms with Crippen LogP contribution >= 0.6 is 11.6 Å². The monoisotopic (exact) mass is 351 g/mol. The van der Waals surface area contributed by atoms with Crippen LogP contribution in [0.4, 0.5) is 5.69 Å². The fourth-order valence-electron chi connectivity index (χ4n) is 3.19. The van der Waals surface area contributed by atoms with E-state index in [1.54, 1.807) is 7.11 Å². The van der Waals surface area contributed by atoms with Crippen molar-refractivity contribution in [1.29, 1.82) is 0 Å².